The summed E-state index contributed by atoms with van der Waals surface area (Å²) in [5.74, 6) is 0. The van der Waals surface area contributed by atoms with E-state index in [1.165, 1.54) is 0 Å². The Kier molecular flexibility index (Phi) is 3.86. The molecule has 0 fully saturated rings. The van der Waals surface area contributed by atoms with Crippen molar-refractivity contribution in [3.63, 3.8) is 0 Å². The van der Waals surface area contributed by atoms with Gasteiger partial charge in [0.15, 0.2) is 0 Å². The Hall–Kier alpha value is -7.48. The largest absolute Gasteiger partial charge is 0.455 e. The van der Waals surface area contributed by atoms with Crippen molar-refractivity contribution in [2.45, 2.75) is 0 Å². The summed E-state index contributed by atoms with van der Waals surface area (Å²) in [4.78, 5) is 0. The van der Waals surface area contributed by atoms with Gasteiger partial charge in [-0.2, -0.15) is 0 Å². The molecule has 12 aromatic rings. The fourth-order valence-electron chi connectivity index (χ4n) is 7.91. The van der Waals surface area contributed by atoms with Crippen molar-refractivity contribution in [2.75, 3.05) is 0 Å². The summed E-state index contributed by atoms with van der Waals surface area (Å²) < 4.78 is 198. The molecule has 1 nitrogen and oxygen atoms in total. The highest BCUT2D eigenvalue weighted by atomic mass is 16.3. The molecule has 1 heteroatoms. The summed E-state index contributed by atoms with van der Waals surface area (Å²) in [5, 5.41) is -0.0412. The van der Waals surface area contributed by atoms with E-state index in [9.17, 15) is 11.0 Å². The molecule has 0 atom stereocenters. The van der Waals surface area contributed by atoms with Crippen LogP contribution in [-0.4, -0.2) is 0 Å². The Balaban J connectivity index is 1.18. The van der Waals surface area contributed by atoms with E-state index >= 15 is 0 Å². The topological polar surface area (TPSA) is 13.1 Å². The Morgan fingerprint density at radius 2 is 0.947 bits per heavy atom. The fraction of sp³-hybridized carbons (Fsp3) is 0. The first-order valence-corrected chi connectivity index (χ1v) is 18.0. The Morgan fingerprint density at radius 1 is 0.333 bits per heavy atom. The smallest absolute Gasteiger partial charge is 0.143 e. The SMILES string of the molecule is [2H]c1c([2H])c([2H])c2c(oc3c([2H])c(-c4ccc5ccccc5c4)c([2H])c([2H])c32)c1-c1ccc2c(-c3c4c([2H])c([2H])c([2H])c([2H])c4c(-c4c([2H])c([2H])c([2H])c5c([2H])c([2H])c([2H])c([2H])c45)c4c([2H])c([2H])c([2H])c([2H])c34)cccc2c1. The molecule has 1 heterocycles. The van der Waals surface area contributed by atoms with Crippen LogP contribution in [0.15, 0.2) is 210 Å². The van der Waals surface area contributed by atoms with Gasteiger partial charge in [0.1, 0.15) is 11.2 Å². The maximum absolute atomic E-state index is 9.56. The third-order valence-corrected chi connectivity index (χ3v) is 10.5. The molecule has 0 unspecified atom stereocenters. The predicted molar refractivity (Wildman–Crippen MR) is 243 cm³/mol. The molecule has 12 rings (SSSR count). The van der Waals surface area contributed by atoms with Crippen molar-refractivity contribution in [2.24, 2.45) is 0 Å². The first-order chi connectivity index (χ1) is 37.0. The Labute approximate surface area is 359 Å². The minimum atomic E-state index is -0.822. The lowest BCUT2D eigenvalue weighted by Gasteiger charge is -2.19. The molecule has 0 aliphatic heterocycles. The molecule has 0 aliphatic rings. The summed E-state index contributed by atoms with van der Waals surface area (Å²) in [7, 11) is 0. The second-order valence-electron chi connectivity index (χ2n) is 13.6. The second kappa shape index (κ2) is 12.5. The molecule has 57 heavy (non-hydrogen) atoms. The molecule has 0 radical (unpaired) electrons. The van der Waals surface area contributed by atoms with Crippen LogP contribution in [0.4, 0.5) is 0 Å². The van der Waals surface area contributed by atoms with Gasteiger partial charge < -0.3 is 4.42 Å². The van der Waals surface area contributed by atoms with Crippen molar-refractivity contribution >= 4 is 75.8 Å². The average molecular weight is 744 g/mol. The predicted octanol–water partition coefficient (Wildman–Crippen LogP) is 16.0. The molecule has 0 aliphatic carbocycles. The highest BCUT2D eigenvalue weighted by Crippen LogP contribution is 2.47. The molecule has 0 amide bonds. The number of rotatable bonds is 4. The van der Waals surface area contributed by atoms with Gasteiger partial charge >= 0.3 is 0 Å². The zero-order valence-electron chi connectivity index (χ0n) is 50.4. The first kappa shape index (κ1) is 17.5. The van der Waals surface area contributed by atoms with E-state index < -0.39 is 141 Å². The molecule has 0 bridgehead atoms. The highest BCUT2D eigenvalue weighted by molar-refractivity contribution is 6.25. The molecule has 0 spiro atoms. The lowest BCUT2D eigenvalue weighted by Crippen LogP contribution is -1.92. The van der Waals surface area contributed by atoms with E-state index in [4.69, 9.17) is 22.2 Å². The van der Waals surface area contributed by atoms with Gasteiger partial charge in [0.05, 0.1) is 28.8 Å². The second-order valence-corrected chi connectivity index (χ2v) is 13.6. The third-order valence-electron chi connectivity index (χ3n) is 10.5. The molecular formula is C56H34O. The van der Waals surface area contributed by atoms with Crippen LogP contribution in [0.5, 0.6) is 0 Å². The summed E-state index contributed by atoms with van der Waals surface area (Å²) in [6.07, 6.45) is 0. The van der Waals surface area contributed by atoms with Crippen LogP contribution in [0.2, 0.25) is 0 Å². The van der Waals surface area contributed by atoms with Crippen LogP contribution < -0.4 is 0 Å². The number of hydrogen-bond acceptors (Lipinski definition) is 1. The van der Waals surface area contributed by atoms with Crippen LogP contribution in [0, 0.1) is 0 Å². The maximum atomic E-state index is 9.56. The van der Waals surface area contributed by atoms with Gasteiger partial charge in [-0.1, -0.05) is 182 Å². The van der Waals surface area contributed by atoms with Crippen molar-refractivity contribution in [1.82, 2.24) is 0 Å². The van der Waals surface area contributed by atoms with Crippen molar-refractivity contribution in [1.29, 1.82) is 0 Å². The number of hydrogen-bond donors (Lipinski definition) is 0. The normalized spacial score (nSPS) is 17.0. The highest BCUT2D eigenvalue weighted by Gasteiger charge is 2.20. The summed E-state index contributed by atoms with van der Waals surface area (Å²) in [5.41, 5.74) is -0.279. The minimum Gasteiger partial charge on any atom is -0.455 e. The zero-order chi connectivity index (χ0) is 55.7. The van der Waals surface area contributed by atoms with E-state index in [0.717, 1.165) is 10.8 Å². The molecule has 11 aromatic carbocycles. The van der Waals surface area contributed by atoms with E-state index in [1.807, 2.05) is 30.3 Å². The Bertz CT molecular complexity index is 4720. The maximum Gasteiger partial charge on any atom is 0.143 e. The lowest BCUT2D eigenvalue weighted by atomic mass is 9.83. The van der Waals surface area contributed by atoms with Gasteiger partial charge in [-0.05, 0) is 117 Å². The van der Waals surface area contributed by atoms with E-state index in [-0.39, 0.29) is 78.7 Å². The number of benzene rings is 11. The van der Waals surface area contributed by atoms with Crippen LogP contribution >= 0.6 is 0 Å². The molecule has 0 saturated carbocycles. The van der Waals surface area contributed by atoms with Gasteiger partial charge in [0.2, 0.25) is 0 Å². The fourth-order valence-corrected chi connectivity index (χ4v) is 7.91. The van der Waals surface area contributed by atoms with Crippen LogP contribution in [0.1, 0.15) is 28.8 Å². The summed E-state index contributed by atoms with van der Waals surface area (Å²) in [6.45, 7) is 0. The third kappa shape index (κ3) is 4.96. The van der Waals surface area contributed by atoms with Crippen LogP contribution in [-0.2, 0) is 0 Å². The lowest BCUT2D eigenvalue weighted by molar-refractivity contribution is 0.670. The average Bonchev–Trinajstić information content (AvgIpc) is 3.55. The zero-order valence-corrected chi connectivity index (χ0v) is 29.4. The van der Waals surface area contributed by atoms with E-state index in [1.54, 1.807) is 48.5 Å². The molecule has 0 saturated heterocycles. The standard InChI is InChI=1S/C56H34O/c1-2-14-37-32-38(27-26-35(37)12-1)39-28-31-45-52-25-11-22-44(56(52)57-53(45)34-39)41-29-30-43-40(33-41)16-10-24-47(43)55-50-20-7-5-18-48(50)54(49-19-6-8-21-51(49)55)46-23-9-15-36-13-3-4-17-42(36)46/h1-34H/i3D,4D,5D,6D,7D,8D,9D,11D,13D,15D,17D,18D,19D,20D,21D,22D,23D,25D,28D,31D,34D. The minimum absolute atomic E-state index is 0.0134. The van der Waals surface area contributed by atoms with Crippen molar-refractivity contribution < 1.29 is 33.2 Å². The first-order valence-electron chi connectivity index (χ1n) is 28.5. The number of furan rings is 1. The summed E-state index contributed by atoms with van der Waals surface area (Å²) >= 11 is 0. The van der Waals surface area contributed by atoms with Crippen molar-refractivity contribution in [3.8, 4) is 44.5 Å². The van der Waals surface area contributed by atoms with Crippen LogP contribution in [0.3, 0.4) is 0 Å². The van der Waals surface area contributed by atoms with Gasteiger partial charge in [-0.3, -0.25) is 0 Å². The summed E-state index contributed by atoms with van der Waals surface area (Å²) in [6, 6.07) is 8.84. The van der Waals surface area contributed by atoms with Gasteiger partial charge in [0, 0.05) is 16.3 Å². The number of fused-ring (bicyclic) bond motifs is 8. The molecular weight excluding hydrogens is 689 g/mol. The van der Waals surface area contributed by atoms with Crippen molar-refractivity contribution in [3.05, 3.63) is 206 Å². The van der Waals surface area contributed by atoms with Gasteiger partial charge in [-0.25, -0.2) is 0 Å². The van der Waals surface area contributed by atoms with Gasteiger partial charge in [0.25, 0.3) is 0 Å². The Morgan fingerprint density at radius 3 is 1.75 bits per heavy atom. The molecule has 264 valence electrons. The quantitative estimate of drug-likeness (QED) is 0.164. The molecule has 1 aromatic heterocycles. The van der Waals surface area contributed by atoms with Gasteiger partial charge in [-0.15, -0.1) is 0 Å². The monoisotopic (exact) mass is 743 g/mol. The van der Waals surface area contributed by atoms with E-state index in [0.29, 0.717) is 16.3 Å². The van der Waals surface area contributed by atoms with E-state index in [2.05, 4.69) is 0 Å². The molecule has 0 N–H and O–H groups in total. The van der Waals surface area contributed by atoms with Crippen LogP contribution in [0.25, 0.3) is 120 Å². The number of para-hydroxylation sites is 1.